The van der Waals surface area contributed by atoms with Gasteiger partial charge in [0, 0.05) is 12.8 Å². The maximum absolute atomic E-state index is 12.7. The molecule has 368 valence electrons. The molecule has 0 aliphatic carbocycles. The lowest BCUT2D eigenvalue weighted by molar-refractivity contribution is -0.161. The molecular formula is C47H86O14P2. The van der Waals surface area contributed by atoms with Crippen LogP contribution >= 0.6 is 15.6 Å². The predicted octanol–water partition coefficient (Wildman–Crippen LogP) is 11.4. The van der Waals surface area contributed by atoms with E-state index in [0.717, 1.165) is 63.7 Å². The van der Waals surface area contributed by atoms with Gasteiger partial charge in [-0.3, -0.25) is 23.2 Å². The van der Waals surface area contributed by atoms with Crippen LogP contribution in [0.2, 0.25) is 0 Å². The Bertz CT molecular complexity index is 1330. The number of phosphoric acid groups is 2. The average molecular weight is 937 g/mol. The quantitative estimate of drug-likeness (QED) is 0.0126. The van der Waals surface area contributed by atoms with E-state index in [9.17, 15) is 33.8 Å². The largest absolute Gasteiger partial charge is 0.472 e. The Labute approximate surface area is 380 Å². The lowest BCUT2D eigenvalue weighted by Crippen LogP contribution is -2.30. The van der Waals surface area contributed by atoms with Gasteiger partial charge in [0.1, 0.15) is 12.7 Å². The molecule has 0 bridgehead atoms. The second-order valence-corrected chi connectivity index (χ2v) is 19.4. The number of allylic oxidation sites excluding steroid dienone is 7. The van der Waals surface area contributed by atoms with E-state index in [1.807, 2.05) is 42.5 Å². The first-order valence-electron chi connectivity index (χ1n) is 23.8. The van der Waals surface area contributed by atoms with Crippen molar-refractivity contribution in [3.63, 3.8) is 0 Å². The Balaban J connectivity index is 4.57. The molecule has 0 aromatic carbocycles. The highest BCUT2D eigenvalue weighted by atomic mass is 31.2. The number of hydrogen-bond acceptors (Lipinski definition) is 11. The zero-order valence-corrected chi connectivity index (χ0v) is 40.7. The Morgan fingerprint density at radius 1 is 0.556 bits per heavy atom. The maximum Gasteiger partial charge on any atom is 0.472 e. The van der Waals surface area contributed by atoms with E-state index < -0.39 is 72.3 Å². The van der Waals surface area contributed by atoms with Crippen molar-refractivity contribution in [2.24, 2.45) is 5.92 Å². The molecule has 0 aromatic heterocycles. The van der Waals surface area contributed by atoms with Gasteiger partial charge in [-0.1, -0.05) is 185 Å². The van der Waals surface area contributed by atoms with Crippen LogP contribution in [0.3, 0.4) is 0 Å². The highest BCUT2D eigenvalue weighted by molar-refractivity contribution is 7.47. The minimum absolute atomic E-state index is 0.0995. The molecule has 0 aliphatic heterocycles. The third-order valence-electron chi connectivity index (χ3n) is 9.99. The molecule has 63 heavy (non-hydrogen) atoms. The summed E-state index contributed by atoms with van der Waals surface area (Å²) in [6.45, 7) is 3.91. The second-order valence-electron chi connectivity index (χ2n) is 16.7. The van der Waals surface area contributed by atoms with Crippen LogP contribution in [0.4, 0.5) is 0 Å². The molecule has 0 radical (unpaired) electrons. The van der Waals surface area contributed by atoms with E-state index in [-0.39, 0.29) is 12.8 Å². The first-order chi connectivity index (χ1) is 30.1. The van der Waals surface area contributed by atoms with Crippen molar-refractivity contribution in [2.75, 3.05) is 26.4 Å². The lowest BCUT2D eigenvalue weighted by atomic mass is 10.0. The van der Waals surface area contributed by atoms with Crippen molar-refractivity contribution in [3.05, 3.63) is 48.6 Å². The van der Waals surface area contributed by atoms with Gasteiger partial charge in [0.05, 0.1) is 25.9 Å². The van der Waals surface area contributed by atoms with Crippen LogP contribution in [-0.2, 0) is 41.8 Å². The Morgan fingerprint density at radius 2 is 1.06 bits per heavy atom. The summed E-state index contributed by atoms with van der Waals surface area (Å²) in [7, 11) is -9.71. The third kappa shape index (κ3) is 46.4. The summed E-state index contributed by atoms with van der Waals surface area (Å²) in [6.07, 6.45) is 38.6. The highest BCUT2D eigenvalue weighted by Gasteiger charge is 2.28. The van der Waals surface area contributed by atoms with Gasteiger partial charge < -0.3 is 34.4 Å². The summed E-state index contributed by atoms with van der Waals surface area (Å²) in [5.41, 5.74) is 0. The number of ether oxygens (including phenoxy) is 2. The molecule has 0 heterocycles. The Hall–Kier alpha value is -1.96. The van der Waals surface area contributed by atoms with E-state index in [2.05, 4.69) is 35.9 Å². The van der Waals surface area contributed by atoms with Crippen molar-refractivity contribution in [2.45, 2.75) is 206 Å². The maximum atomic E-state index is 12.7. The number of aliphatic hydroxyl groups is 2. The monoisotopic (exact) mass is 937 g/mol. The molecule has 0 aliphatic rings. The fourth-order valence-corrected chi connectivity index (χ4v) is 7.50. The van der Waals surface area contributed by atoms with E-state index in [1.54, 1.807) is 0 Å². The number of unbranched alkanes of at least 4 members (excludes halogenated alkanes) is 17. The molecule has 0 rings (SSSR count). The fourth-order valence-electron chi connectivity index (χ4n) is 6.34. The molecule has 0 saturated heterocycles. The van der Waals surface area contributed by atoms with Gasteiger partial charge >= 0.3 is 27.6 Å². The number of phosphoric ester groups is 2. The lowest BCUT2D eigenvalue weighted by Gasteiger charge is -2.20. The molecule has 4 atom stereocenters. The van der Waals surface area contributed by atoms with Crippen molar-refractivity contribution >= 4 is 27.6 Å². The van der Waals surface area contributed by atoms with Crippen LogP contribution in [0, 0.1) is 5.92 Å². The molecule has 0 spiro atoms. The zero-order valence-electron chi connectivity index (χ0n) is 38.9. The summed E-state index contributed by atoms with van der Waals surface area (Å²) in [6, 6.07) is 0. The molecule has 5 N–H and O–H groups in total. The second kappa shape index (κ2) is 41.5. The highest BCUT2D eigenvalue weighted by Crippen LogP contribution is 2.43. The number of esters is 2. The van der Waals surface area contributed by atoms with Crippen molar-refractivity contribution in [1.82, 2.24) is 0 Å². The van der Waals surface area contributed by atoms with Crippen molar-refractivity contribution in [3.8, 4) is 0 Å². The van der Waals surface area contributed by atoms with Crippen molar-refractivity contribution < 1.29 is 66.7 Å². The van der Waals surface area contributed by atoms with Crippen LogP contribution in [0.15, 0.2) is 48.6 Å². The van der Waals surface area contributed by atoms with Gasteiger partial charge in [0.25, 0.3) is 0 Å². The van der Waals surface area contributed by atoms with Crippen LogP contribution in [0.1, 0.15) is 188 Å². The van der Waals surface area contributed by atoms with Crippen LogP contribution in [-0.4, -0.2) is 81.6 Å². The smallest absolute Gasteiger partial charge is 0.462 e. The fraction of sp³-hybridized carbons (Fsp3) is 0.787. The number of hydrogen-bond donors (Lipinski definition) is 5. The van der Waals surface area contributed by atoms with E-state index in [1.165, 1.54) is 77.0 Å². The summed E-state index contributed by atoms with van der Waals surface area (Å²) < 4.78 is 47.8. The van der Waals surface area contributed by atoms with E-state index in [0.29, 0.717) is 19.3 Å². The van der Waals surface area contributed by atoms with Crippen molar-refractivity contribution in [1.29, 1.82) is 0 Å². The summed E-state index contributed by atoms with van der Waals surface area (Å²) in [5, 5.41) is 19.7. The number of carbonyl (C=O) groups is 2. The number of rotatable bonds is 44. The molecule has 1 unspecified atom stereocenters. The third-order valence-corrected chi connectivity index (χ3v) is 11.4. The topological polar surface area (TPSA) is 216 Å². The molecular weight excluding hydrogens is 850 g/mol. The zero-order chi connectivity index (χ0) is 46.9. The van der Waals surface area contributed by atoms with Gasteiger partial charge in [-0.15, -0.1) is 0 Å². The van der Waals surface area contributed by atoms with Gasteiger partial charge in [-0.2, -0.15) is 0 Å². The molecule has 0 saturated carbocycles. The van der Waals surface area contributed by atoms with Crippen LogP contribution in [0.25, 0.3) is 0 Å². The van der Waals surface area contributed by atoms with Crippen LogP contribution in [0.5, 0.6) is 0 Å². The van der Waals surface area contributed by atoms with Gasteiger partial charge in [0.15, 0.2) is 6.10 Å². The predicted molar refractivity (Wildman–Crippen MR) is 250 cm³/mol. The Morgan fingerprint density at radius 3 is 1.65 bits per heavy atom. The molecule has 16 heteroatoms. The minimum Gasteiger partial charge on any atom is -0.462 e. The van der Waals surface area contributed by atoms with E-state index in [4.69, 9.17) is 23.8 Å². The first kappa shape index (κ1) is 61.0. The molecule has 14 nitrogen and oxygen atoms in total. The first-order valence-corrected chi connectivity index (χ1v) is 26.8. The van der Waals surface area contributed by atoms with Gasteiger partial charge in [-0.25, -0.2) is 9.13 Å². The average Bonchev–Trinajstić information content (AvgIpc) is 3.22. The standard InChI is InChI=1S/C47H86O14P2/c1-4-5-28-34-43(48)35-30-25-21-17-13-11-15-18-22-26-31-36-46(50)57-40-45(41-60-63(55,56)59-39-44(49)38-58-62(52,53)54)61-47(51)37-32-27-23-19-14-10-8-6-7-9-12-16-20-24-29-33-42(2)3/h11,13,18,21-22,25,30,35,42-45,48-49H,4-10,12,14-17,19-20,23-24,26-29,31-34,36-41H2,1-3H3,(H,55,56)(H2,52,53,54)/b13-11-,22-18-,25-21-,35-30+/t43-,44+,45-/m1/s1. The summed E-state index contributed by atoms with van der Waals surface area (Å²) in [5.74, 6) is -0.309. The van der Waals surface area contributed by atoms with Gasteiger partial charge in [0.2, 0.25) is 0 Å². The van der Waals surface area contributed by atoms with Crippen LogP contribution < -0.4 is 0 Å². The SMILES string of the molecule is CCCCC[C@@H](O)/C=C/C=C\C/C=C\C/C=C\CCCC(=O)OC[C@H](COP(=O)(O)OC[C@@H](O)COP(=O)(O)O)OC(=O)CCCCCCCCCCCCCCCCCC(C)C. The van der Waals surface area contributed by atoms with Gasteiger partial charge in [-0.05, 0) is 44.4 Å². The molecule has 0 fully saturated rings. The summed E-state index contributed by atoms with van der Waals surface area (Å²) >= 11 is 0. The number of carbonyl (C=O) groups excluding carboxylic acids is 2. The molecule has 0 amide bonds. The Kier molecular flexibility index (Phi) is 40.2. The van der Waals surface area contributed by atoms with E-state index >= 15 is 0 Å². The minimum atomic E-state index is -4.88. The summed E-state index contributed by atoms with van der Waals surface area (Å²) in [4.78, 5) is 52.8. The normalized spacial score (nSPS) is 14.9. The number of aliphatic hydroxyl groups excluding tert-OH is 2. The molecule has 0 aromatic rings.